The summed E-state index contributed by atoms with van der Waals surface area (Å²) in [6.45, 7) is 3.01. The Balaban J connectivity index is 1.87. The summed E-state index contributed by atoms with van der Waals surface area (Å²) in [5.41, 5.74) is -0.629. The van der Waals surface area contributed by atoms with Crippen molar-refractivity contribution in [2.24, 2.45) is 0 Å². The van der Waals surface area contributed by atoms with E-state index in [0.29, 0.717) is 17.1 Å². The Morgan fingerprint density at radius 2 is 1.81 bits per heavy atom. The highest BCUT2D eigenvalue weighted by Crippen LogP contribution is 2.36. The maximum atomic E-state index is 13.3. The van der Waals surface area contributed by atoms with Gasteiger partial charge in [0.15, 0.2) is 11.5 Å². The first-order valence-corrected chi connectivity index (χ1v) is 10.0. The second kappa shape index (κ2) is 8.64. The lowest BCUT2D eigenvalue weighted by Gasteiger charge is -2.25. The molecule has 2 aromatic rings. The van der Waals surface area contributed by atoms with Crippen LogP contribution in [0.2, 0.25) is 10.0 Å². The van der Waals surface area contributed by atoms with Gasteiger partial charge in [-0.15, -0.1) is 0 Å². The molecule has 0 saturated carbocycles. The van der Waals surface area contributed by atoms with Crippen molar-refractivity contribution in [2.45, 2.75) is 25.4 Å². The predicted octanol–water partition coefficient (Wildman–Crippen LogP) is 3.80. The van der Waals surface area contributed by atoms with Crippen LogP contribution in [0.25, 0.3) is 0 Å². The van der Waals surface area contributed by atoms with Gasteiger partial charge in [0.05, 0.1) is 30.0 Å². The maximum Gasteiger partial charge on any atom is 0.326 e. The normalized spacial score (nSPS) is 19.1. The van der Waals surface area contributed by atoms with Gasteiger partial charge in [0, 0.05) is 0 Å². The number of benzene rings is 2. The quantitative estimate of drug-likeness (QED) is 0.632. The minimum absolute atomic E-state index is 0.164. The predicted molar refractivity (Wildman–Crippen MR) is 117 cm³/mol. The molecule has 0 spiro atoms. The van der Waals surface area contributed by atoms with Crippen molar-refractivity contribution in [1.82, 2.24) is 10.2 Å². The third kappa shape index (κ3) is 4.00. The molecule has 1 aliphatic heterocycles. The highest BCUT2D eigenvalue weighted by molar-refractivity contribution is 6.44. The summed E-state index contributed by atoms with van der Waals surface area (Å²) in [5.74, 6) is -0.286. The van der Waals surface area contributed by atoms with Gasteiger partial charge in [0.25, 0.3) is 5.91 Å². The van der Waals surface area contributed by atoms with Gasteiger partial charge < -0.3 is 20.1 Å². The van der Waals surface area contributed by atoms with Crippen LogP contribution < -0.4 is 20.1 Å². The number of methoxy groups -OCH3 is 2. The van der Waals surface area contributed by atoms with Crippen LogP contribution in [-0.2, 0) is 15.1 Å². The van der Waals surface area contributed by atoms with Gasteiger partial charge in [-0.2, -0.15) is 0 Å². The summed E-state index contributed by atoms with van der Waals surface area (Å²) in [7, 11) is 2.97. The van der Waals surface area contributed by atoms with Crippen LogP contribution in [0.1, 0.15) is 19.4 Å². The van der Waals surface area contributed by atoms with Crippen LogP contribution in [0, 0.1) is 0 Å². The largest absolute Gasteiger partial charge is 0.493 e. The molecule has 3 rings (SSSR count). The SMILES string of the molecule is COc1ccc([C@]2(C)NC(=O)N([C@@H](C)C(=O)Nc3cccc(Cl)c3Cl)C2=O)cc1OC. The highest BCUT2D eigenvalue weighted by Gasteiger charge is 2.52. The van der Waals surface area contributed by atoms with E-state index in [1.54, 1.807) is 43.3 Å². The Morgan fingerprint density at radius 1 is 1.13 bits per heavy atom. The zero-order valence-corrected chi connectivity index (χ0v) is 18.8. The minimum atomic E-state index is -1.39. The molecule has 0 aliphatic carbocycles. The van der Waals surface area contributed by atoms with Crippen LogP contribution in [0.4, 0.5) is 10.5 Å². The first-order valence-electron chi connectivity index (χ1n) is 9.27. The van der Waals surface area contributed by atoms with Gasteiger partial charge in [0.2, 0.25) is 5.91 Å². The van der Waals surface area contributed by atoms with Crippen LogP contribution in [0.5, 0.6) is 11.5 Å². The van der Waals surface area contributed by atoms with Crippen LogP contribution in [0.3, 0.4) is 0 Å². The van der Waals surface area contributed by atoms with Crippen molar-refractivity contribution in [2.75, 3.05) is 19.5 Å². The summed E-state index contributed by atoms with van der Waals surface area (Å²) >= 11 is 12.1. The molecule has 164 valence electrons. The number of urea groups is 1. The number of ether oxygens (including phenoxy) is 2. The van der Waals surface area contributed by atoms with E-state index in [1.807, 2.05) is 0 Å². The van der Waals surface area contributed by atoms with Gasteiger partial charge in [0.1, 0.15) is 11.6 Å². The fourth-order valence-corrected chi connectivity index (χ4v) is 3.66. The lowest BCUT2D eigenvalue weighted by atomic mass is 9.91. The molecule has 2 atom stereocenters. The fourth-order valence-electron chi connectivity index (χ4n) is 3.31. The molecule has 1 saturated heterocycles. The molecule has 10 heteroatoms. The van der Waals surface area contributed by atoms with Crippen LogP contribution in [-0.4, -0.2) is 43.0 Å². The van der Waals surface area contributed by atoms with Crippen molar-refractivity contribution < 1.29 is 23.9 Å². The Morgan fingerprint density at radius 3 is 2.45 bits per heavy atom. The molecule has 0 bridgehead atoms. The zero-order valence-electron chi connectivity index (χ0n) is 17.3. The second-order valence-corrected chi connectivity index (χ2v) is 7.85. The van der Waals surface area contributed by atoms with Gasteiger partial charge in [-0.1, -0.05) is 35.3 Å². The Labute approximate surface area is 189 Å². The molecular formula is C21H21Cl2N3O5. The second-order valence-electron chi connectivity index (χ2n) is 7.07. The lowest BCUT2D eigenvalue weighted by molar-refractivity contribution is -0.136. The number of rotatable bonds is 6. The average molecular weight is 466 g/mol. The molecule has 0 radical (unpaired) electrons. The summed E-state index contributed by atoms with van der Waals surface area (Å²) in [6.07, 6.45) is 0. The smallest absolute Gasteiger partial charge is 0.326 e. The standard InChI is InChI=1S/C21H21Cl2N3O5/c1-11(18(27)24-14-7-5-6-13(22)17(14)23)26-19(28)21(2,25-20(26)29)12-8-9-15(30-3)16(10-12)31-4/h5-11H,1-4H3,(H,24,27)(H,25,29)/t11-,21-/m0/s1. The van der Waals surface area contributed by atoms with Crippen molar-refractivity contribution in [1.29, 1.82) is 0 Å². The monoisotopic (exact) mass is 465 g/mol. The Bertz CT molecular complexity index is 1060. The van der Waals surface area contributed by atoms with Crippen molar-refractivity contribution in [3.05, 3.63) is 52.0 Å². The van der Waals surface area contributed by atoms with Crippen molar-refractivity contribution in [3.63, 3.8) is 0 Å². The molecule has 4 amide bonds. The molecular weight excluding hydrogens is 445 g/mol. The van der Waals surface area contributed by atoms with E-state index in [-0.39, 0.29) is 15.7 Å². The number of imide groups is 1. The molecule has 0 aromatic heterocycles. The molecule has 1 aliphatic rings. The van der Waals surface area contributed by atoms with Crippen LogP contribution in [0.15, 0.2) is 36.4 Å². The average Bonchev–Trinajstić information content (AvgIpc) is 2.99. The Kier molecular flexibility index (Phi) is 6.33. The minimum Gasteiger partial charge on any atom is -0.493 e. The summed E-state index contributed by atoms with van der Waals surface area (Å²) in [5, 5.41) is 5.70. The topological polar surface area (TPSA) is 97.0 Å². The first-order chi connectivity index (χ1) is 14.6. The fraction of sp³-hybridized carbons (Fsp3) is 0.286. The molecule has 2 aromatic carbocycles. The number of amides is 4. The highest BCUT2D eigenvalue weighted by atomic mass is 35.5. The van der Waals surface area contributed by atoms with Crippen molar-refractivity contribution in [3.8, 4) is 11.5 Å². The lowest BCUT2D eigenvalue weighted by Crippen LogP contribution is -2.47. The summed E-state index contributed by atoms with van der Waals surface area (Å²) in [6, 6.07) is 7.87. The third-order valence-electron chi connectivity index (χ3n) is 5.16. The van der Waals surface area contributed by atoms with E-state index in [1.165, 1.54) is 21.1 Å². The third-order valence-corrected chi connectivity index (χ3v) is 5.98. The van der Waals surface area contributed by atoms with Crippen LogP contribution >= 0.6 is 23.2 Å². The number of carbonyl (C=O) groups excluding carboxylic acids is 3. The summed E-state index contributed by atoms with van der Waals surface area (Å²) in [4.78, 5) is 39.6. The van der Waals surface area contributed by atoms with E-state index < -0.39 is 29.4 Å². The van der Waals surface area contributed by atoms with Gasteiger partial charge in [-0.3, -0.25) is 9.59 Å². The van der Waals surface area contributed by atoms with E-state index in [2.05, 4.69) is 10.6 Å². The van der Waals surface area contributed by atoms with Gasteiger partial charge in [-0.25, -0.2) is 9.69 Å². The van der Waals surface area contributed by atoms with Gasteiger partial charge in [-0.05, 0) is 43.7 Å². The number of nitrogens with one attached hydrogen (secondary N) is 2. The van der Waals surface area contributed by atoms with Gasteiger partial charge >= 0.3 is 6.03 Å². The first kappa shape index (κ1) is 22.7. The number of nitrogens with zero attached hydrogens (tertiary/aromatic N) is 1. The van der Waals surface area contributed by atoms with E-state index >= 15 is 0 Å². The number of halogens is 2. The summed E-state index contributed by atoms with van der Waals surface area (Å²) < 4.78 is 10.5. The molecule has 1 heterocycles. The number of hydrogen-bond donors (Lipinski definition) is 2. The van der Waals surface area contributed by atoms with E-state index in [9.17, 15) is 14.4 Å². The molecule has 8 nitrogen and oxygen atoms in total. The van der Waals surface area contributed by atoms with Crippen molar-refractivity contribution >= 4 is 46.7 Å². The zero-order chi connectivity index (χ0) is 22.9. The van der Waals surface area contributed by atoms with E-state index in [4.69, 9.17) is 32.7 Å². The number of anilines is 1. The molecule has 31 heavy (non-hydrogen) atoms. The maximum absolute atomic E-state index is 13.3. The Hall–Kier alpha value is -2.97. The number of carbonyl (C=O) groups is 3. The molecule has 0 unspecified atom stereocenters. The molecule has 1 fully saturated rings. The van der Waals surface area contributed by atoms with E-state index in [0.717, 1.165) is 4.90 Å². The number of hydrogen-bond acceptors (Lipinski definition) is 5. The molecule has 2 N–H and O–H groups in total.